The number of hydrogen-bond acceptors (Lipinski definition) is 6. The maximum absolute atomic E-state index is 12.8. The number of morpholine rings is 1. The van der Waals surface area contributed by atoms with Gasteiger partial charge in [-0.1, -0.05) is 19.3 Å². The van der Waals surface area contributed by atoms with Crippen molar-refractivity contribution in [2.24, 2.45) is 0 Å². The van der Waals surface area contributed by atoms with E-state index in [1.165, 1.54) is 4.90 Å². The van der Waals surface area contributed by atoms with Crippen LogP contribution in [0.25, 0.3) is 0 Å². The largest absolute Gasteiger partial charge is 0.454 e. The summed E-state index contributed by atoms with van der Waals surface area (Å²) < 4.78 is 10.4. The molecular weight excluding hydrogens is 354 g/mol. The van der Waals surface area contributed by atoms with Crippen molar-refractivity contribution in [3.05, 3.63) is 0 Å². The molecule has 0 aromatic rings. The summed E-state index contributed by atoms with van der Waals surface area (Å²) in [5.41, 5.74) is -0.824. The van der Waals surface area contributed by atoms with E-state index in [0.29, 0.717) is 32.5 Å². The average Bonchev–Trinajstić information content (AvgIpc) is 2.83. The molecule has 9 heteroatoms. The van der Waals surface area contributed by atoms with Crippen LogP contribution in [0.5, 0.6) is 0 Å². The van der Waals surface area contributed by atoms with Crippen LogP contribution in [0.3, 0.4) is 0 Å². The first-order chi connectivity index (χ1) is 12.8. The first kappa shape index (κ1) is 19.6. The molecule has 1 unspecified atom stereocenters. The van der Waals surface area contributed by atoms with Crippen LogP contribution in [0, 0.1) is 0 Å². The molecule has 2 heterocycles. The van der Waals surface area contributed by atoms with E-state index in [-0.39, 0.29) is 17.9 Å². The lowest BCUT2D eigenvalue weighted by atomic mass is 9.81. The molecule has 0 aromatic heterocycles. The Balaban J connectivity index is 1.54. The van der Waals surface area contributed by atoms with Crippen molar-refractivity contribution in [3.8, 4) is 0 Å². The monoisotopic (exact) mass is 381 g/mol. The van der Waals surface area contributed by atoms with Crippen LogP contribution in [-0.4, -0.2) is 90.1 Å². The molecule has 1 aliphatic carbocycles. The summed E-state index contributed by atoms with van der Waals surface area (Å²) in [6, 6.07) is -0.479. The number of ether oxygens (including phenoxy) is 2. The summed E-state index contributed by atoms with van der Waals surface area (Å²) in [5.74, 6) is -1.40. The first-order valence-electron chi connectivity index (χ1n) is 9.50. The normalized spacial score (nSPS) is 25.3. The third-order valence-corrected chi connectivity index (χ3v) is 5.72. The molecule has 4 amide bonds. The number of esters is 1. The van der Waals surface area contributed by atoms with Crippen LogP contribution in [0.15, 0.2) is 0 Å². The standard InChI is InChI=1S/C18H27N3O6/c1-13-10-20(8-9-26-13)14(22)12-27-15(23)11-21-16(24)18(19(2)17(21)25)6-4-3-5-7-18/h13H,3-12H2,1-2H3. The molecule has 1 atom stereocenters. The maximum atomic E-state index is 12.8. The molecule has 2 aliphatic heterocycles. The van der Waals surface area contributed by atoms with E-state index in [1.54, 1.807) is 11.9 Å². The van der Waals surface area contributed by atoms with Gasteiger partial charge in [0.2, 0.25) is 0 Å². The summed E-state index contributed by atoms with van der Waals surface area (Å²) >= 11 is 0. The Labute approximate surface area is 158 Å². The molecule has 0 radical (unpaired) electrons. The number of nitrogens with zero attached hydrogens (tertiary/aromatic N) is 3. The summed E-state index contributed by atoms with van der Waals surface area (Å²) in [4.78, 5) is 53.6. The maximum Gasteiger partial charge on any atom is 0.327 e. The molecule has 3 aliphatic rings. The van der Waals surface area contributed by atoms with E-state index in [0.717, 1.165) is 24.2 Å². The van der Waals surface area contributed by atoms with Gasteiger partial charge in [0.15, 0.2) is 6.61 Å². The van der Waals surface area contributed by atoms with Gasteiger partial charge in [0.25, 0.3) is 11.8 Å². The minimum atomic E-state index is -0.824. The number of amides is 4. The van der Waals surface area contributed by atoms with Crippen LogP contribution in [0.4, 0.5) is 4.79 Å². The molecule has 3 rings (SSSR count). The average molecular weight is 381 g/mol. The Morgan fingerprint density at radius 1 is 1.22 bits per heavy atom. The summed E-state index contributed by atoms with van der Waals surface area (Å²) in [7, 11) is 1.61. The third-order valence-electron chi connectivity index (χ3n) is 5.72. The number of rotatable bonds is 4. The predicted octanol–water partition coefficient (Wildman–Crippen LogP) is 0.374. The Hall–Kier alpha value is -2.16. The molecule has 3 fully saturated rings. The summed E-state index contributed by atoms with van der Waals surface area (Å²) in [5, 5.41) is 0. The van der Waals surface area contributed by atoms with E-state index in [9.17, 15) is 19.2 Å². The van der Waals surface area contributed by atoms with Crippen molar-refractivity contribution in [2.45, 2.75) is 50.7 Å². The second kappa shape index (κ2) is 7.84. The zero-order valence-electron chi connectivity index (χ0n) is 15.9. The van der Waals surface area contributed by atoms with E-state index < -0.39 is 30.7 Å². The quantitative estimate of drug-likeness (QED) is 0.516. The highest BCUT2D eigenvalue weighted by Crippen LogP contribution is 2.39. The van der Waals surface area contributed by atoms with Crippen LogP contribution in [-0.2, 0) is 23.9 Å². The third kappa shape index (κ3) is 3.78. The lowest BCUT2D eigenvalue weighted by Crippen LogP contribution is -2.49. The van der Waals surface area contributed by atoms with Crippen LogP contribution < -0.4 is 0 Å². The lowest BCUT2D eigenvalue weighted by Gasteiger charge is -2.35. The number of likely N-dealkylation sites (N-methyl/N-ethyl adjacent to an activating group) is 1. The van der Waals surface area contributed by atoms with Gasteiger partial charge < -0.3 is 19.3 Å². The van der Waals surface area contributed by atoms with Crippen LogP contribution >= 0.6 is 0 Å². The number of carbonyl (C=O) groups excluding carboxylic acids is 4. The molecule has 0 N–H and O–H groups in total. The second-order valence-electron chi connectivity index (χ2n) is 7.51. The number of imide groups is 1. The predicted molar refractivity (Wildman–Crippen MR) is 93.6 cm³/mol. The number of carbonyl (C=O) groups is 4. The highest BCUT2D eigenvalue weighted by molar-refractivity contribution is 6.08. The van der Waals surface area contributed by atoms with E-state index >= 15 is 0 Å². The smallest absolute Gasteiger partial charge is 0.327 e. The molecule has 150 valence electrons. The minimum Gasteiger partial charge on any atom is -0.454 e. The molecule has 9 nitrogen and oxygen atoms in total. The van der Waals surface area contributed by atoms with Crippen molar-refractivity contribution in [1.82, 2.24) is 14.7 Å². The zero-order chi connectivity index (χ0) is 19.6. The van der Waals surface area contributed by atoms with E-state index in [1.807, 2.05) is 6.92 Å². The van der Waals surface area contributed by atoms with E-state index in [2.05, 4.69) is 0 Å². The fraction of sp³-hybridized carbons (Fsp3) is 0.778. The molecule has 1 saturated carbocycles. The Kier molecular flexibility index (Phi) is 5.69. The molecule has 27 heavy (non-hydrogen) atoms. The molecule has 0 bridgehead atoms. The van der Waals surface area contributed by atoms with Crippen LogP contribution in [0.2, 0.25) is 0 Å². The summed E-state index contributed by atoms with van der Waals surface area (Å²) in [6.45, 7) is 2.36. The van der Waals surface area contributed by atoms with Crippen molar-refractivity contribution in [1.29, 1.82) is 0 Å². The van der Waals surface area contributed by atoms with E-state index in [4.69, 9.17) is 9.47 Å². The van der Waals surface area contributed by atoms with Crippen LogP contribution in [0.1, 0.15) is 39.0 Å². The van der Waals surface area contributed by atoms with Crippen molar-refractivity contribution in [2.75, 3.05) is 39.9 Å². The number of urea groups is 1. The summed E-state index contributed by atoms with van der Waals surface area (Å²) in [6.07, 6.45) is 3.99. The minimum absolute atomic E-state index is 0.0551. The molecule has 1 spiro atoms. The van der Waals surface area contributed by atoms with Gasteiger partial charge in [-0.3, -0.25) is 19.3 Å². The van der Waals surface area contributed by atoms with Gasteiger partial charge in [0.05, 0.1) is 12.7 Å². The second-order valence-corrected chi connectivity index (χ2v) is 7.51. The molecule has 0 aromatic carbocycles. The molecular formula is C18H27N3O6. The van der Waals surface area contributed by atoms with Gasteiger partial charge in [-0.25, -0.2) is 4.79 Å². The van der Waals surface area contributed by atoms with Crippen molar-refractivity contribution >= 4 is 23.8 Å². The SMILES string of the molecule is CC1CN(C(=O)COC(=O)CN2C(=O)N(C)C3(CCCCC3)C2=O)CCO1. The van der Waals surface area contributed by atoms with Gasteiger partial charge in [-0.05, 0) is 19.8 Å². The fourth-order valence-electron chi connectivity index (χ4n) is 4.12. The molecule has 2 saturated heterocycles. The fourth-order valence-corrected chi connectivity index (χ4v) is 4.12. The Morgan fingerprint density at radius 3 is 2.59 bits per heavy atom. The Morgan fingerprint density at radius 2 is 1.93 bits per heavy atom. The zero-order valence-corrected chi connectivity index (χ0v) is 15.9. The number of hydrogen-bond donors (Lipinski definition) is 0. The van der Waals surface area contributed by atoms with Gasteiger partial charge in [0, 0.05) is 20.1 Å². The topological polar surface area (TPSA) is 96.5 Å². The Bertz CT molecular complexity index is 631. The van der Waals surface area contributed by atoms with Crippen molar-refractivity contribution < 1.29 is 28.7 Å². The van der Waals surface area contributed by atoms with Crippen molar-refractivity contribution in [3.63, 3.8) is 0 Å². The first-order valence-corrected chi connectivity index (χ1v) is 9.50. The van der Waals surface area contributed by atoms with Gasteiger partial charge in [-0.15, -0.1) is 0 Å². The lowest BCUT2D eigenvalue weighted by molar-refractivity contribution is -0.156. The van der Waals surface area contributed by atoms with Gasteiger partial charge >= 0.3 is 12.0 Å². The van der Waals surface area contributed by atoms with Gasteiger partial charge in [-0.2, -0.15) is 0 Å². The van der Waals surface area contributed by atoms with Gasteiger partial charge in [0.1, 0.15) is 12.1 Å². The highest BCUT2D eigenvalue weighted by Gasteiger charge is 2.55. The highest BCUT2D eigenvalue weighted by atomic mass is 16.5.